The van der Waals surface area contributed by atoms with Crippen molar-refractivity contribution in [3.8, 4) is 0 Å². The first-order valence-corrected chi connectivity index (χ1v) is 42.5. The highest BCUT2D eigenvalue weighted by Crippen LogP contribution is 2.45. The molecule has 95 heavy (non-hydrogen) atoms. The third kappa shape index (κ3) is 69.0. The van der Waals surface area contributed by atoms with Crippen molar-refractivity contribution in [1.82, 2.24) is 0 Å². The number of aliphatic hydroxyl groups excluding tert-OH is 1. The molecule has 0 heterocycles. The van der Waals surface area contributed by atoms with Crippen LogP contribution < -0.4 is 0 Å². The summed E-state index contributed by atoms with van der Waals surface area (Å²) in [6.07, 6.45) is 55.6. The Bertz CT molecular complexity index is 1840. The first kappa shape index (κ1) is 93.1. The molecular weight excluding hydrogens is 1250 g/mol. The Balaban J connectivity index is 5.20. The van der Waals surface area contributed by atoms with E-state index < -0.39 is 97.5 Å². The van der Waals surface area contributed by atoms with E-state index in [0.29, 0.717) is 25.7 Å². The number of phosphoric acid groups is 2. The van der Waals surface area contributed by atoms with Crippen LogP contribution in [0.4, 0.5) is 0 Å². The Morgan fingerprint density at radius 2 is 0.537 bits per heavy atom. The quantitative estimate of drug-likeness (QED) is 0.0222. The highest BCUT2D eigenvalue weighted by atomic mass is 31.2. The number of aliphatic hydroxyl groups is 1. The molecule has 0 radical (unpaired) electrons. The van der Waals surface area contributed by atoms with Crippen molar-refractivity contribution in [2.45, 2.75) is 413 Å². The summed E-state index contributed by atoms with van der Waals surface area (Å²) in [4.78, 5) is 72.7. The summed E-state index contributed by atoms with van der Waals surface area (Å²) in [7, 11) is -9.91. The third-order valence-electron chi connectivity index (χ3n) is 18.1. The highest BCUT2D eigenvalue weighted by molar-refractivity contribution is 7.47. The molecule has 0 saturated heterocycles. The Hall–Kier alpha value is -1.94. The molecule has 0 amide bonds. The van der Waals surface area contributed by atoms with E-state index in [1.54, 1.807) is 0 Å². The van der Waals surface area contributed by atoms with Gasteiger partial charge in [0.25, 0.3) is 0 Å². The van der Waals surface area contributed by atoms with Gasteiger partial charge in [0, 0.05) is 25.7 Å². The van der Waals surface area contributed by atoms with Gasteiger partial charge in [-0.15, -0.1) is 0 Å². The van der Waals surface area contributed by atoms with E-state index in [1.807, 2.05) is 0 Å². The van der Waals surface area contributed by atoms with Crippen molar-refractivity contribution in [3.05, 3.63) is 0 Å². The number of carbonyl (C=O) groups excluding carboxylic acids is 4. The Morgan fingerprint density at radius 3 is 0.800 bits per heavy atom. The molecule has 3 N–H and O–H groups in total. The average Bonchev–Trinajstić information content (AvgIpc) is 2.89. The van der Waals surface area contributed by atoms with Crippen LogP contribution in [0.2, 0.25) is 0 Å². The minimum atomic E-state index is -4.96. The van der Waals surface area contributed by atoms with Crippen molar-refractivity contribution in [3.63, 3.8) is 0 Å². The Morgan fingerprint density at radius 1 is 0.305 bits per heavy atom. The van der Waals surface area contributed by atoms with Gasteiger partial charge >= 0.3 is 39.5 Å². The lowest BCUT2D eigenvalue weighted by atomic mass is 10.00. The summed E-state index contributed by atoms with van der Waals surface area (Å²) in [5.74, 6) is -0.628. The van der Waals surface area contributed by atoms with E-state index in [1.165, 1.54) is 205 Å². The molecule has 0 aromatic heterocycles. The molecule has 0 bridgehead atoms. The maximum atomic E-state index is 13.1. The fourth-order valence-corrected chi connectivity index (χ4v) is 13.2. The second-order valence-electron chi connectivity index (χ2n) is 28.1. The van der Waals surface area contributed by atoms with Gasteiger partial charge in [-0.3, -0.25) is 37.3 Å². The third-order valence-corrected chi connectivity index (χ3v) is 20.0. The predicted octanol–water partition coefficient (Wildman–Crippen LogP) is 22.3. The summed E-state index contributed by atoms with van der Waals surface area (Å²) in [6.45, 7) is 9.54. The lowest BCUT2D eigenvalue weighted by Gasteiger charge is -2.21. The number of esters is 4. The number of ether oxygens (including phenoxy) is 4. The number of hydrogen-bond acceptors (Lipinski definition) is 15. The summed E-state index contributed by atoms with van der Waals surface area (Å²) in [5, 5.41) is 10.6. The van der Waals surface area contributed by atoms with E-state index in [0.717, 1.165) is 108 Å². The fourth-order valence-electron chi connectivity index (χ4n) is 11.6. The van der Waals surface area contributed by atoms with E-state index in [2.05, 4.69) is 41.5 Å². The van der Waals surface area contributed by atoms with Crippen LogP contribution in [-0.2, 0) is 65.4 Å². The Labute approximate surface area is 581 Å². The van der Waals surface area contributed by atoms with Crippen LogP contribution in [0.3, 0.4) is 0 Å². The number of phosphoric ester groups is 2. The normalized spacial score (nSPS) is 14.3. The van der Waals surface area contributed by atoms with Crippen LogP contribution in [0.1, 0.15) is 395 Å². The molecule has 19 heteroatoms. The van der Waals surface area contributed by atoms with Gasteiger partial charge in [-0.2, -0.15) is 0 Å². The smallest absolute Gasteiger partial charge is 0.462 e. The molecule has 0 aromatic rings. The molecule has 0 aliphatic rings. The van der Waals surface area contributed by atoms with Crippen LogP contribution >= 0.6 is 15.6 Å². The van der Waals surface area contributed by atoms with Crippen LogP contribution in [0.5, 0.6) is 0 Å². The van der Waals surface area contributed by atoms with Gasteiger partial charge in [-0.1, -0.05) is 343 Å². The van der Waals surface area contributed by atoms with E-state index in [-0.39, 0.29) is 25.7 Å². The second kappa shape index (κ2) is 67.9. The minimum absolute atomic E-state index is 0.106. The maximum Gasteiger partial charge on any atom is 0.472 e. The molecular formula is C76H148O17P2. The number of hydrogen-bond donors (Lipinski definition) is 3. The predicted molar refractivity (Wildman–Crippen MR) is 386 cm³/mol. The van der Waals surface area contributed by atoms with Gasteiger partial charge < -0.3 is 33.8 Å². The first-order valence-electron chi connectivity index (χ1n) is 39.5. The maximum absolute atomic E-state index is 13.1. The number of carbonyl (C=O) groups is 4. The molecule has 0 rings (SSSR count). The highest BCUT2D eigenvalue weighted by Gasteiger charge is 2.30. The number of unbranched alkanes of at least 4 members (excludes halogenated alkanes) is 44. The van der Waals surface area contributed by atoms with Gasteiger partial charge in [-0.05, 0) is 37.5 Å². The van der Waals surface area contributed by atoms with Gasteiger partial charge in [0.1, 0.15) is 19.3 Å². The van der Waals surface area contributed by atoms with Crippen LogP contribution in [-0.4, -0.2) is 96.7 Å². The molecule has 6 atom stereocenters. The van der Waals surface area contributed by atoms with Crippen molar-refractivity contribution >= 4 is 39.5 Å². The summed E-state index contributed by atoms with van der Waals surface area (Å²) in [5.41, 5.74) is 0. The molecule has 17 nitrogen and oxygen atoms in total. The van der Waals surface area contributed by atoms with Gasteiger partial charge in [0.2, 0.25) is 0 Å². The van der Waals surface area contributed by atoms with Gasteiger partial charge in [0.15, 0.2) is 12.2 Å². The summed E-state index contributed by atoms with van der Waals surface area (Å²) < 4.78 is 68.5. The average molecular weight is 1400 g/mol. The molecule has 0 spiro atoms. The van der Waals surface area contributed by atoms with Crippen molar-refractivity contribution in [2.24, 2.45) is 11.8 Å². The van der Waals surface area contributed by atoms with Crippen molar-refractivity contribution < 1.29 is 80.2 Å². The van der Waals surface area contributed by atoms with Crippen molar-refractivity contribution in [1.29, 1.82) is 0 Å². The lowest BCUT2D eigenvalue weighted by Crippen LogP contribution is -2.30. The van der Waals surface area contributed by atoms with Crippen LogP contribution in [0.15, 0.2) is 0 Å². The summed E-state index contributed by atoms with van der Waals surface area (Å²) in [6, 6.07) is 0. The molecule has 0 aliphatic carbocycles. The standard InChI is InChI=1S/C76H148O17P2/c1-7-10-12-14-16-18-20-21-22-23-24-25-26-27-28-29-31-37-41-49-55-61-76(81)92-71(64-86-73(78)58-52-46-39-35-33-32-34-38-44-50-56-68(4)5)66-90-94(82,83)88-62-70(77)63-89-95(84,85)91-67-72(65-87-74(79)59-53-47-43-42-45-51-57-69(6)9-3)93-75(80)60-54-48-40-36-30-19-17-15-13-11-8-2/h68-72,77H,7-67H2,1-6H3,(H,82,83)(H,84,85)/t69?,70-,71-,72-/m1/s1. The van der Waals surface area contributed by atoms with Crippen LogP contribution in [0, 0.1) is 11.8 Å². The topological polar surface area (TPSA) is 237 Å². The van der Waals surface area contributed by atoms with E-state index >= 15 is 0 Å². The molecule has 564 valence electrons. The minimum Gasteiger partial charge on any atom is -0.462 e. The molecule has 0 aromatic carbocycles. The Kier molecular flexibility index (Phi) is 66.5. The van der Waals surface area contributed by atoms with Gasteiger partial charge in [-0.25, -0.2) is 9.13 Å². The fraction of sp³-hybridized carbons (Fsp3) is 0.947. The molecule has 0 saturated carbocycles. The van der Waals surface area contributed by atoms with Crippen LogP contribution in [0.25, 0.3) is 0 Å². The number of rotatable bonds is 75. The largest absolute Gasteiger partial charge is 0.472 e. The monoisotopic (exact) mass is 1400 g/mol. The first-order chi connectivity index (χ1) is 45.9. The van der Waals surface area contributed by atoms with Gasteiger partial charge in [0.05, 0.1) is 26.4 Å². The zero-order valence-electron chi connectivity index (χ0n) is 62.0. The van der Waals surface area contributed by atoms with E-state index in [9.17, 15) is 43.2 Å². The lowest BCUT2D eigenvalue weighted by molar-refractivity contribution is -0.161. The molecule has 0 fully saturated rings. The van der Waals surface area contributed by atoms with Crippen molar-refractivity contribution in [2.75, 3.05) is 39.6 Å². The molecule has 3 unspecified atom stereocenters. The summed E-state index contributed by atoms with van der Waals surface area (Å²) >= 11 is 0. The zero-order chi connectivity index (χ0) is 70.0. The molecule has 0 aliphatic heterocycles. The SMILES string of the molecule is CCCCCCCCCCCCCCCCCCCCCCCC(=O)O[C@H](COC(=O)CCCCCCCCCCCCC(C)C)COP(=O)(O)OC[C@@H](O)COP(=O)(O)OC[C@@H](COC(=O)CCCCCCCCC(C)CC)OC(=O)CCCCCCCCCCCCC. The second-order valence-corrected chi connectivity index (χ2v) is 31.0. The zero-order valence-corrected chi connectivity index (χ0v) is 63.8. The van der Waals surface area contributed by atoms with E-state index in [4.69, 9.17) is 37.0 Å².